The van der Waals surface area contributed by atoms with Gasteiger partial charge in [0.05, 0.1) is 19.3 Å². The van der Waals surface area contributed by atoms with Gasteiger partial charge in [0, 0.05) is 27.6 Å². The van der Waals surface area contributed by atoms with E-state index in [1.54, 1.807) is 19.2 Å². The first-order valence-electron chi connectivity index (χ1n) is 11.6. The van der Waals surface area contributed by atoms with Crippen LogP contribution in [0.25, 0.3) is 28.2 Å². The molecule has 2 aromatic carbocycles. The van der Waals surface area contributed by atoms with Gasteiger partial charge in [0.1, 0.15) is 12.0 Å². The Hall–Kier alpha value is -3.43. The summed E-state index contributed by atoms with van der Waals surface area (Å²) in [6, 6.07) is 11.1. The molecule has 0 unspecified atom stereocenters. The lowest BCUT2D eigenvalue weighted by atomic mass is 9.81. The molecule has 2 heterocycles. The monoisotopic (exact) mass is 493 g/mol. The Balaban J connectivity index is 1.80. The van der Waals surface area contributed by atoms with Crippen molar-refractivity contribution in [1.82, 2.24) is 9.29 Å². The van der Waals surface area contributed by atoms with E-state index in [9.17, 15) is 18.0 Å². The van der Waals surface area contributed by atoms with E-state index in [0.717, 1.165) is 59.7 Å². The minimum Gasteiger partial charge on any atom is -0.497 e. The van der Waals surface area contributed by atoms with Crippen molar-refractivity contribution in [2.45, 2.75) is 44.6 Å². The predicted octanol–water partition coefficient (Wildman–Crippen LogP) is 3.89. The van der Waals surface area contributed by atoms with Crippen molar-refractivity contribution in [1.29, 1.82) is 0 Å². The van der Waals surface area contributed by atoms with E-state index in [4.69, 9.17) is 9.88 Å². The standard InChI is InChI=1S/C26H27N3O5S/c1-34-20-8-10-21-19(12-20)11-16(15-30)14-29-23-13-18(26(31)28-35(27,32)33)7-9-22(23)24(25(21)29)17-5-3-2-4-6-17/h7-13,15,17H,2-6,14H2,1H3,(H,28,31)(H2,27,32,33). The lowest BCUT2D eigenvalue weighted by Gasteiger charge is -2.24. The number of amides is 1. The van der Waals surface area contributed by atoms with Crippen molar-refractivity contribution in [3.8, 4) is 17.0 Å². The number of nitrogens with zero attached hydrogens (tertiary/aromatic N) is 1. The van der Waals surface area contributed by atoms with Gasteiger partial charge in [-0.25, -0.2) is 9.86 Å². The molecule has 35 heavy (non-hydrogen) atoms. The molecule has 2 aliphatic rings. The molecule has 1 aliphatic carbocycles. The van der Waals surface area contributed by atoms with Gasteiger partial charge in [-0.1, -0.05) is 25.3 Å². The van der Waals surface area contributed by atoms with Crippen LogP contribution in [0, 0.1) is 0 Å². The second-order valence-electron chi connectivity index (χ2n) is 9.18. The van der Waals surface area contributed by atoms with Gasteiger partial charge in [0.2, 0.25) is 0 Å². The zero-order valence-corrected chi connectivity index (χ0v) is 20.2. The molecule has 0 radical (unpaired) electrons. The van der Waals surface area contributed by atoms with Gasteiger partial charge < -0.3 is 9.30 Å². The lowest BCUT2D eigenvalue weighted by Crippen LogP contribution is -2.35. The van der Waals surface area contributed by atoms with Crippen LogP contribution in [0.3, 0.4) is 0 Å². The Morgan fingerprint density at radius 2 is 1.91 bits per heavy atom. The third-order valence-electron chi connectivity index (χ3n) is 6.96. The molecule has 182 valence electrons. The fourth-order valence-corrected chi connectivity index (χ4v) is 5.84. The van der Waals surface area contributed by atoms with Crippen molar-refractivity contribution < 1.29 is 22.7 Å². The summed E-state index contributed by atoms with van der Waals surface area (Å²) in [6.45, 7) is 0.333. The third kappa shape index (κ3) is 4.37. The number of nitrogens with two attached hydrogens (primary N) is 1. The van der Waals surface area contributed by atoms with Gasteiger partial charge in [0.25, 0.3) is 16.1 Å². The Morgan fingerprint density at radius 3 is 2.60 bits per heavy atom. The molecule has 1 fully saturated rings. The number of rotatable bonds is 5. The van der Waals surface area contributed by atoms with Crippen molar-refractivity contribution in [2.24, 2.45) is 5.14 Å². The van der Waals surface area contributed by atoms with Crippen molar-refractivity contribution in [3.05, 3.63) is 58.7 Å². The average molecular weight is 494 g/mol. The molecule has 9 heteroatoms. The molecule has 1 amide bonds. The largest absolute Gasteiger partial charge is 0.497 e. The van der Waals surface area contributed by atoms with Crippen LogP contribution in [0.4, 0.5) is 0 Å². The first kappa shape index (κ1) is 23.3. The molecule has 0 saturated heterocycles. The SMILES string of the molecule is COc1ccc2c(c1)C=C(C=O)Cn1c-2c(C2CCCCC2)c2ccc(C(=O)NS(N)(=O)=O)cc21. The van der Waals surface area contributed by atoms with Crippen LogP contribution in [0.5, 0.6) is 5.75 Å². The van der Waals surface area contributed by atoms with Gasteiger partial charge in [-0.3, -0.25) is 9.59 Å². The molecule has 1 saturated carbocycles. The summed E-state index contributed by atoms with van der Waals surface area (Å²) in [5, 5.41) is 6.02. The zero-order valence-electron chi connectivity index (χ0n) is 19.4. The van der Waals surface area contributed by atoms with E-state index in [2.05, 4.69) is 4.57 Å². The van der Waals surface area contributed by atoms with Crippen molar-refractivity contribution in [3.63, 3.8) is 0 Å². The first-order valence-corrected chi connectivity index (χ1v) is 13.2. The number of hydrogen-bond donors (Lipinski definition) is 2. The van der Waals surface area contributed by atoms with Gasteiger partial charge in [0.15, 0.2) is 0 Å². The van der Waals surface area contributed by atoms with Crippen molar-refractivity contribution >= 4 is 39.4 Å². The second kappa shape index (κ2) is 8.98. The first-order chi connectivity index (χ1) is 16.8. The smallest absolute Gasteiger partial charge is 0.298 e. The van der Waals surface area contributed by atoms with Crippen LogP contribution in [-0.4, -0.2) is 32.3 Å². The highest BCUT2D eigenvalue weighted by molar-refractivity contribution is 7.87. The maximum atomic E-state index is 12.6. The van der Waals surface area contributed by atoms with Crippen LogP contribution < -0.4 is 14.6 Å². The van der Waals surface area contributed by atoms with E-state index in [0.29, 0.717) is 23.8 Å². The number of hydrogen-bond acceptors (Lipinski definition) is 5. The number of carbonyl (C=O) groups excluding carboxylic acids is 2. The molecule has 8 nitrogen and oxygen atoms in total. The predicted molar refractivity (Wildman–Crippen MR) is 134 cm³/mol. The highest BCUT2D eigenvalue weighted by Gasteiger charge is 2.29. The molecular formula is C26H27N3O5S. The van der Waals surface area contributed by atoms with E-state index in [-0.39, 0.29) is 5.56 Å². The number of benzene rings is 2. The number of aromatic nitrogens is 1. The van der Waals surface area contributed by atoms with E-state index >= 15 is 0 Å². The Kier molecular flexibility index (Phi) is 5.98. The van der Waals surface area contributed by atoms with Gasteiger partial charge in [-0.05, 0) is 66.3 Å². The summed E-state index contributed by atoms with van der Waals surface area (Å²) >= 11 is 0. The molecule has 3 aromatic rings. The lowest BCUT2D eigenvalue weighted by molar-refractivity contribution is -0.105. The highest BCUT2D eigenvalue weighted by atomic mass is 32.2. The van der Waals surface area contributed by atoms with Crippen LogP contribution in [-0.2, 0) is 21.5 Å². The van der Waals surface area contributed by atoms with Crippen LogP contribution in [0.2, 0.25) is 0 Å². The summed E-state index contributed by atoms with van der Waals surface area (Å²) < 4.78 is 32.2. The molecule has 0 spiro atoms. The number of aldehydes is 1. The maximum absolute atomic E-state index is 12.6. The highest BCUT2D eigenvalue weighted by Crippen LogP contribution is 2.46. The van der Waals surface area contributed by atoms with E-state index < -0.39 is 16.1 Å². The molecule has 1 aliphatic heterocycles. The van der Waals surface area contributed by atoms with Crippen molar-refractivity contribution in [2.75, 3.05) is 7.11 Å². The van der Waals surface area contributed by atoms with Crippen LogP contribution >= 0.6 is 0 Å². The van der Waals surface area contributed by atoms with E-state index in [1.165, 1.54) is 12.0 Å². The average Bonchev–Trinajstić information content (AvgIpc) is 3.06. The summed E-state index contributed by atoms with van der Waals surface area (Å²) in [4.78, 5) is 24.6. The Morgan fingerprint density at radius 1 is 1.14 bits per heavy atom. The number of methoxy groups -OCH3 is 1. The summed E-state index contributed by atoms with van der Waals surface area (Å²) in [5.41, 5.74) is 5.68. The minimum atomic E-state index is -4.19. The van der Waals surface area contributed by atoms with Gasteiger partial charge in [-0.2, -0.15) is 8.42 Å². The summed E-state index contributed by atoms with van der Waals surface area (Å²) in [5.74, 6) is 0.254. The normalized spacial score (nSPS) is 16.1. The summed E-state index contributed by atoms with van der Waals surface area (Å²) in [6.07, 6.45) is 8.39. The fourth-order valence-electron chi connectivity index (χ4n) is 5.47. The fraction of sp³-hybridized carbons (Fsp3) is 0.308. The maximum Gasteiger partial charge on any atom is 0.298 e. The number of nitrogens with one attached hydrogen (secondary N) is 1. The zero-order chi connectivity index (χ0) is 24.7. The number of allylic oxidation sites excluding steroid dienone is 1. The van der Waals surface area contributed by atoms with Crippen LogP contribution in [0.1, 0.15) is 59.5 Å². The third-order valence-corrected chi connectivity index (χ3v) is 7.43. The number of fused-ring (bicyclic) bond motifs is 5. The minimum absolute atomic E-state index is 0.179. The molecule has 0 bridgehead atoms. The number of ether oxygens (including phenoxy) is 1. The van der Waals surface area contributed by atoms with E-state index in [1.807, 2.05) is 35.1 Å². The van der Waals surface area contributed by atoms with Gasteiger partial charge in [-0.15, -0.1) is 0 Å². The molecule has 5 rings (SSSR count). The topological polar surface area (TPSA) is 120 Å². The second-order valence-corrected chi connectivity index (χ2v) is 10.5. The Labute approximate surface area is 203 Å². The quantitative estimate of drug-likeness (QED) is 0.523. The molecule has 1 aromatic heterocycles. The molecule has 0 atom stereocenters. The summed E-state index contributed by atoms with van der Waals surface area (Å²) in [7, 11) is -2.58. The molecular weight excluding hydrogens is 466 g/mol. The number of carbonyl (C=O) groups is 2. The molecule has 3 N–H and O–H groups in total. The Bertz CT molecular complexity index is 1480. The van der Waals surface area contributed by atoms with Crippen LogP contribution in [0.15, 0.2) is 42.0 Å². The van der Waals surface area contributed by atoms with Gasteiger partial charge >= 0.3 is 0 Å².